The zero-order chi connectivity index (χ0) is 15.5. The molecule has 0 atom stereocenters. The lowest BCUT2D eigenvalue weighted by Gasteiger charge is -2.21. The summed E-state index contributed by atoms with van der Waals surface area (Å²) >= 11 is 0. The van der Waals surface area contributed by atoms with Crippen LogP contribution in [0.4, 0.5) is 16.0 Å². The summed E-state index contributed by atoms with van der Waals surface area (Å²) in [4.78, 5) is 8.24. The van der Waals surface area contributed by atoms with Crippen molar-refractivity contribution in [3.63, 3.8) is 0 Å². The Kier molecular flexibility index (Phi) is 4.53. The van der Waals surface area contributed by atoms with Gasteiger partial charge in [0.25, 0.3) is 0 Å². The fourth-order valence-corrected chi connectivity index (χ4v) is 1.73. The third kappa shape index (κ3) is 4.49. The predicted octanol–water partition coefficient (Wildman–Crippen LogP) is 3.56. The highest BCUT2D eigenvalue weighted by Crippen LogP contribution is 2.19. The first kappa shape index (κ1) is 15.4. The van der Waals surface area contributed by atoms with Crippen molar-refractivity contribution in [1.82, 2.24) is 15.3 Å². The highest BCUT2D eigenvalue weighted by molar-refractivity contribution is 5.53. The van der Waals surface area contributed by atoms with Crippen molar-refractivity contribution in [3.8, 4) is 0 Å². The van der Waals surface area contributed by atoms with E-state index >= 15 is 0 Å². The molecule has 0 amide bonds. The van der Waals surface area contributed by atoms with E-state index in [4.69, 9.17) is 0 Å². The number of nitrogens with one attached hydrogen (secondary N) is 2. The lowest BCUT2D eigenvalue weighted by molar-refractivity contribution is 0.418. The largest absolute Gasteiger partial charge is 0.322 e. The number of nitrogens with zero attached hydrogens (tertiary/aromatic N) is 2. The van der Waals surface area contributed by atoms with Crippen molar-refractivity contribution < 1.29 is 4.39 Å². The van der Waals surface area contributed by atoms with Crippen LogP contribution in [0, 0.1) is 12.7 Å². The maximum absolute atomic E-state index is 14.4. The molecule has 0 bridgehead atoms. The van der Waals surface area contributed by atoms with Gasteiger partial charge in [-0.25, -0.2) is 14.4 Å². The van der Waals surface area contributed by atoms with E-state index < -0.39 is 0 Å². The first-order chi connectivity index (χ1) is 9.85. The van der Waals surface area contributed by atoms with Crippen molar-refractivity contribution in [1.29, 1.82) is 0 Å². The van der Waals surface area contributed by atoms with E-state index in [0.29, 0.717) is 17.9 Å². The predicted molar refractivity (Wildman–Crippen MR) is 83.0 cm³/mol. The Morgan fingerprint density at radius 3 is 2.52 bits per heavy atom. The Labute approximate surface area is 124 Å². The zero-order valence-electron chi connectivity index (χ0n) is 12.9. The summed E-state index contributed by atoms with van der Waals surface area (Å²) in [5.74, 6) is 0.420. The average Bonchev–Trinajstić information content (AvgIpc) is 2.41. The third-order valence-corrected chi connectivity index (χ3v) is 2.94. The molecule has 0 saturated heterocycles. The van der Waals surface area contributed by atoms with Crippen molar-refractivity contribution in [2.24, 2.45) is 0 Å². The summed E-state index contributed by atoms with van der Waals surface area (Å²) in [6.07, 6.45) is 3.32. The fourth-order valence-electron chi connectivity index (χ4n) is 1.73. The van der Waals surface area contributed by atoms with Crippen LogP contribution in [-0.4, -0.2) is 15.5 Å². The minimum absolute atomic E-state index is 0.0676. The van der Waals surface area contributed by atoms with E-state index in [0.717, 1.165) is 5.56 Å². The van der Waals surface area contributed by atoms with Crippen LogP contribution in [0.2, 0.25) is 0 Å². The highest BCUT2D eigenvalue weighted by atomic mass is 19.1. The quantitative estimate of drug-likeness (QED) is 0.903. The molecular formula is C16H21FN4. The van der Waals surface area contributed by atoms with Crippen LogP contribution in [0.1, 0.15) is 31.9 Å². The molecule has 2 aromatic heterocycles. The molecule has 0 aromatic carbocycles. The molecule has 112 valence electrons. The van der Waals surface area contributed by atoms with Gasteiger partial charge < -0.3 is 10.6 Å². The maximum atomic E-state index is 14.4. The van der Waals surface area contributed by atoms with Crippen LogP contribution in [0.15, 0.2) is 30.6 Å². The zero-order valence-corrected chi connectivity index (χ0v) is 12.9. The van der Waals surface area contributed by atoms with Gasteiger partial charge >= 0.3 is 0 Å². The molecule has 2 rings (SSSR count). The molecule has 21 heavy (non-hydrogen) atoms. The van der Waals surface area contributed by atoms with Gasteiger partial charge in [-0.3, -0.25) is 0 Å². The van der Waals surface area contributed by atoms with Crippen molar-refractivity contribution >= 4 is 11.6 Å². The molecule has 0 saturated carbocycles. The van der Waals surface area contributed by atoms with Gasteiger partial charge in [0.2, 0.25) is 0 Å². The molecule has 0 radical (unpaired) electrons. The second-order valence-electron chi connectivity index (χ2n) is 6.08. The number of hydrogen-bond donors (Lipinski definition) is 2. The molecule has 0 aliphatic rings. The Morgan fingerprint density at radius 1 is 1.14 bits per heavy atom. The number of aromatic nitrogens is 2. The first-order valence-electron chi connectivity index (χ1n) is 6.93. The smallest absolute Gasteiger partial charge is 0.170 e. The van der Waals surface area contributed by atoms with Gasteiger partial charge in [-0.05, 0) is 45.4 Å². The number of anilines is 2. The molecule has 0 aliphatic heterocycles. The van der Waals surface area contributed by atoms with E-state index in [9.17, 15) is 4.39 Å². The Balaban J connectivity index is 2.15. The second-order valence-corrected chi connectivity index (χ2v) is 6.08. The van der Waals surface area contributed by atoms with Crippen molar-refractivity contribution in [3.05, 3.63) is 47.5 Å². The van der Waals surface area contributed by atoms with E-state index in [2.05, 4.69) is 20.6 Å². The Hall–Kier alpha value is -2.01. The van der Waals surface area contributed by atoms with Gasteiger partial charge in [0.05, 0.1) is 0 Å². The van der Waals surface area contributed by atoms with Gasteiger partial charge in [-0.2, -0.15) is 0 Å². The molecule has 2 N–H and O–H groups in total. The molecule has 5 heteroatoms. The van der Waals surface area contributed by atoms with Crippen molar-refractivity contribution in [2.75, 3.05) is 5.32 Å². The number of halogens is 1. The van der Waals surface area contributed by atoms with Crippen LogP contribution in [0.3, 0.4) is 0 Å². The maximum Gasteiger partial charge on any atom is 0.170 e. The second kappa shape index (κ2) is 6.18. The third-order valence-electron chi connectivity index (χ3n) is 2.94. The van der Waals surface area contributed by atoms with Gasteiger partial charge in [-0.1, -0.05) is 6.07 Å². The molecule has 0 aliphatic carbocycles. The molecular weight excluding hydrogens is 267 g/mol. The van der Waals surface area contributed by atoms with Gasteiger partial charge in [0.1, 0.15) is 5.82 Å². The number of rotatable bonds is 4. The number of aryl methyl sites for hydroxylation is 1. The number of hydrogen-bond acceptors (Lipinski definition) is 4. The number of pyridine rings is 2. The SMILES string of the molecule is Cc1ccc(Nc2nccc(CNC(C)(C)C)c2F)nc1. The summed E-state index contributed by atoms with van der Waals surface area (Å²) in [5, 5.41) is 6.18. The summed E-state index contributed by atoms with van der Waals surface area (Å²) in [6.45, 7) is 8.53. The van der Waals surface area contributed by atoms with E-state index in [1.165, 1.54) is 0 Å². The van der Waals surface area contributed by atoms with E-state index in [1.807, 2.05) is 33.8 Å². The van der Waals surface area contributed by atoms with Crippen LogP contribution in [-0.2, 0) is 6.54 Å². The monoisotopic (exact) mass is 288 g/mol. The van der Waals surface area contributed by atoms with Gasteiger partial charge in [0.15, 0.2) is 11.6 Å². The van der Waals surface area contributed by atoms with E-state index in [1.54, 1.807) is 24.5 Å². The summed E-state index contributed by atoms with van der Waals surface area (Å²) in [7, 11) is 0. The standard InChI is InChI=1S/C16H21FN4/c1-11-5-6-13(19-9-11)21-15-14(17)12(7-8-18-15)10-20-16(2,3)4/h5-9,20H,10H2,1-4H3,(H,18,19,21). The molecule has 0 spiro atoms. The van der Waals surface area contributed by atoms with Crippen LogP contribution in [0.5, 0.6) is 0 Å². The van der Waals surface area contributed by atoms with Gasteiger partial charge in [0, 0.05) is 30.0 Å². The summed E-state index contributed by atoms with van der Waals surface area (Å²) in [5.41, 5.74) is 1.56. The normalized spacial score (nSPS) is 11.5. The van der Waals surface area contributed by atoms with Gasteiger partial charge in [-0.15, -0.1) is 0 Å². The van der Waals surface area contributed by atoms with E-state index in [-0.39, 0.29) is 17.2 Å². The lowest BCUT2D eigenvalue weighted by Crippen LogP contribution is -2.35. The highest BCUT2D eigenvalue weighted by Gasteiger charge is 2.13. The summed E-state index contributed by atoms with van der Waals surface area (Å²) < 4.78 is 14.4. The van der Waals surface area contributed by atoms with Crippen LogP contribution in [0.25, 0.3) is 0 Å². The molecule has 0 unspecified atom stereocenters. The van der Waals surface area contributed by atoms with Crippen LogP contribution >= 0.6 is 0 Å². The average molecular weight is 288 g/mol. The minimum Gasteiger partial charge on any atom is -0.322 e. The Morgan fingerprint density at radius 2 is 1.90 bits per heavy atom. The molecule has 4 nitrogen and oxygen atoms in total. The molecule has 2 heterocycles. The minimum atomic E-state index is -0.350. The topological polar surface area (TPSA) is 49.8 Å². The Bertz CT molecular complexity index is 603. The first-order valence-corrected chi connectivity index (χ1v) is 6.93. The fraction of sp³-hybridized carbons (Fsp3) is 0.375. The molecule has 0 fully saturated rings. The molecule has 2 aromatic rings. The van der Waals surface area contributed by atoms with Crippen LogP contribution < -0.4 is 10.6 Å². The van der Waals surface area contributed by atoms with Crippen molar-refractivity contribution in [2.45, 2.75) is 39.8 Å². The lowest BCUT2D eigenvalue weighted by atomic mass is 10.1. The summed E-state index contributed by atoms with van der Waals surface area (Å²) in [6, 6.07) is 5.40.